The fourth-order valence-electron chi connectivity index (χ4n) is 3.28. The van der Waals surface area contributed by atoms with Crippen molar-refractivity contribution in [1.29, 1.82) is 0 Å². The van der Waals surface area contributed by atoms with Crippen LogP contribution in [0.25, 0.3) is 5.57 Å². The van der Waals surface area contributed by atoms with Gasteiger partial charge in [-0.25, -0.2) is 0 Å². The van der Waals surface area contributed by atoms with Gasteiger partial charge in [0, 0.05) is 9.69 Å². The zero-order valence-corrected chi connectivity index (χ0v) is 12.0. The molecule has 0 spiro atoms. The molecule has 2 aliphatic rings. The fourth-order valence-corrected chi connectivity index (χ4v) is 3.64. The monoisotopic (exact) mass is 307 g/mol. The molecule has 1 aromatic carbocycles. The van der Waals surface area contributed by atoms with Crippen molar-refractivity contribution >= 4 is 21.5 Å². The van der Waals surface area contributed by atoms with Gasteiger partial charge in [-0.1, -0.05) is 35.2 Å². The van der Waals surface area contributed by atoms with Crippen LogP contribution in [0.2, 0.25) is 0 Å². The van der Waals surface area contributed by atoms with Crippen LogP contribution in [0.4, 0.5) is 0 Å². The first kappa shape index (κ1) is 12.4. The minimum atomic E-state index is 0.133. The maximum atomic E-state index is 9.69. The number of aliphatic hydroxyl groups excluding tert-OH is 1. The fraction of sp³-hybridized carbons (Fsp3) is 0.533. The van der Waals surface area contributed by atoms with Gasteiger partial charge in [-0.3, -0.25) is 4.99 Å². The average Bonchev–Trinajstić information content (AvgIpc) is 2.77. The molecule has 1 atom stereocenters. The summed E-state index contributed by atoms with van der Waals surface area (Å²) in [5, 5.41) is 11.9. The van der Waals surface area contributed by atoms with Gasteiger partial charge in [-0.2, -0.15) is 0 Å². The van der Waals surface area contributed by atoms with E-state index in [2.05, 4.69) is 28.1 Å². The van der Waals surface area contributed by atoms with Gasteiger partial charge in [0.05, 0.1) is 18.0 Å². The van der Waals surface area contributed by atoms with Crippen LogP contribution in [0.15, 0.2) is 27.7 Å². The summed E-state index contributed by atoms with van der Waals surface area (Å²) >= 11 is 3.50. The van der Waals surface area contributed by atoms with E-state index in [-0.39, 0.29) is 12.6 Å². The molecule has 0 radical (unpaired) electrons. The highest BCUT2D eigenvalue weighted by Crippen LogP contribution is 2.32. The molecule has 1 aromatic rings. The molecule has 1 unspecified atom stereocenters. The second-order valence-corrected chi connectivity index (χ2v) is 6.23. The van der Waals surface area contributed by atoms with E-state index in [1.807, 2.05) is 6.07 Å². The maximum absolute atomic E-state index is 9.69. The zero-order valence-electron chi connectivity index (χ0n) is 10.4. The topological polar surface area (TPSA) is 32.6 Å². The predicted octanol–water partition coefficient (Wildman–Crippen LogP) is 2.17. The molecule has 2 nitrogen and oxygen atoms in total. The molecular weight excluding hydrogens is 290 g/mol. The van der Waals surface area contributed by atoms with Gasteiger partial charge in [0.1, 0.15) is 0 Å². The average molecular weight is 308 g/mol. The van der Waals surface area contributed by atoms with Crippen LogP contribution in [0.3, 0.4) is 0 Å². The Labute approximate surface area is 116 Å². The number of benzene rings is 1. The van der Waals surface area contributed by atoms with Gasteiger partial charge in [0.2, 0.25) is 0 Å². The second-order valence-electron chi connectivity index (χ2n) is 5.32. The summed E-state index contributed by atoms with van der Waals surface area (Å²) in [4.78, 5) is 4.85. The second kappa shape index (κ2) is 5.14. The van der Waals surface area contributed by atoms with Crippen molar-refractivity contribution < 1.29 is 5.11 Å². The Morgan fingerprint density at radius 1 is 1.22 bits per heavy atom. The molecule has 0 bridgehead atoms. The van der Waals surface area contributed by atoms with Crippen molar-refractivity contribution in [3.63, 3.8) is 0 Å². The third-order valence-electron chi connectivity index (χ3n) is 4.21. The molecule has 0 saturated heterocycles. The number of hydrogen-bond donors (Lipinski definition) is 1. The highest BCUT2D eigenvalue weighted by atomic mass is 79.9. The van der Waals surface area contributed by atoms with Crippen LogP contribution in [0.5, 0.6) is 0 Å². The Balaban J connectivity index is 2.03. The number of hydrogen-bond acceptors (Lipinski definition) is 2. The summed E-state index contributed by atoms with van der Waals surface area (Å²) in [7, 11) is 0. The lowest BCUT2D eigenvalue weighted by Gasteiger charge is -2.27. The molecular formula is C15H18BrNO. The largest absolute Gasteiger partial charge is 0.392 e. The molecule has 3 heteroatoms. The van der Waals surface area contributed by atoms with Crippen LogP contribution in [0.1, 0.15) is 32.1 Å². The van der Waals surface area contributed by atoms with Gasteiger partial charge in [-0.15, -0.1) is 0 Å². The van der Waals surface area contributed by atoms with E-state index in [1.54, 1.807) is 0 Å². The first-order chi connectivity index (χ1) is 8.79. The minimum absolute atomic E-state index is 0.133. The first-order valence-corrected chi connectivity index (χ1v) is 7.56. The van der Waals surface area contributed by atoms with Crippen molar-refractivity contribution in [2.45, 2.75) is 38.1 Å². The molecule has 1 N–H and O–H groups in total. The molecule has 3 rings (SSSR count). The van der Waals surface area contributed by atoms with E-state index in [4.69, 9.17) is 4.99 Å². The number of halogens is 1. The number of aliphatic hydroxyl groups is 1. The molecule has 18 heavy (non-hydrogen) atoms. The Morgan fingerprint density at radius 3 is 2.72 bits per heavy atom. The first-order valence-electron chi connectivity index (χ1n) is 6.77. The zero-order chi connectivity index (χ0) is 12.5. The highest BCUT2D eigenvalue weighted by Gasteiger charge is 2.28. The Morgan fingerprint density at radius 2 is 2.00 bits per heavy atom. The number of rotatable bonds is 2. The van der Waals surface area contributed by atoms with Gasteiger partial charge in [0.25, 0.3) is 0 Å². The molecule has 1 fully saturated rings. The lowest BCUT2D eigenvalue weighted by molar-refractivity contribution is 0.307. The summed E-state index contributed by atoms with van der Waals surface area (Å²) in [6, 6.07) is 6.39. The van der Waals surface area contributed by atoms with E-state index < -0.39 is 0 Å². The smallest absolute Gasteiger partial charge is 0.0776 e. The molecule has 96 valence electrons. The van der Waals surface area contributed by atoms with Crippen molar-refractivity contribution in [1.82, 2.24) is 0 Å². The van der Waals surface area contributed by atoms with Crippen LogP contribution < -0.4 is 10.6 Å². The van der Waals surface area contributed by atoms with Crippen molar-refractivity contribution in [2.75, 3.05) is 6.61 Å². The Hall–Kier alpha value is -0.670. The van der Waals surface area contributed by atoms with Gasteiger partial charge in [-0.05, 0) is 42.5 Å². The maximum Gasteiger partial charge on any atom is 0.0776 e. The van der Waals surface area contributed by atoms with E-state index >= 15 is 0 Å². The van der Waals surface area contributed by atoms with Crippen LogP contribution in [0, 0.1) is 5.92 Å². The summed E-state index contributed by atoms with van der Waals surface area (Å²) < 4.78 is 1.06. The highest BCUT2D eigenvalue weighted by molar-refractivity contribution is 9.10. The van der Waals surface area contributed by atoms with E-state index in [0.717, 1.165) is 20.6 Å². The van der Waals surface area contributed by atoms with E-state index in [0.29, 0.717) is 5.92 Å². The van der Waals surface area contributed by atoms with Gasteiger partial charge < -0.3 is 5.11 Å². The van der Waals surface area contributed by atoms with Crippen LogP contribution in [-0.4, -0.2) is 17.8 Å². The summed E-state index contributed by atoms with van der Waals surface area (Å²) in [6.07, 6.45) is 6.50. The van der Waals surface area contributed by atoms with Crippen LogP contribution >= 0.6 is 15.9 Å². The third kappa shape index (κ3) is 2.14. The normalized spacial score (nSPS) is 23.9. The Bertz CT molecular complexity index is 560. The van der Waals surface area contributed by atoms with Crippen molar-refractivity contribution in [3.8, 4) is 0 Å². The quantitative estimate of drug-likeness (QED) is 0.892. The molecule has 0 aromatic heterocycles. The molecule has 1 heterocycles. The Kier molecular flexibility index (Phi) is 3.53. The van der Waals surface area contributed by atoms with Gasteiger partial charge in [0.15, 0.2) is 0 Å². The summed E-state index contributed by atoms with van der Waals surface area (Å²) in [5.41, 5.74) is 1.12. The van der Waals surface area contributed by atoms with E-state index in [9.17, 15) is 5.11 Å². The number of fused-ring (bicyclic) bond motifs is 1. The van der Waals surface area contributed by atoms with Crippen LogP contribution in [-0.2, 0) is 0 Å². The number of nitrogens with zero attached hydrogens (tertiary/aromatic N) is 1. The molecule has 0 amide bonds. The summed E-state index contributed by atoms with van der Waals surface area (Å²) in [5.74, 6) is 0.632. The summed E-state index contributed by atoms with van der Waals surface area (Å²) in [6.45, 7) is 0.133. The van der Waals surface area contributed by atoms with Crippen molar-refractivity contribution in [2.24, 2.45) is 10.9 Å². The standard InChI is InChI=1S/C15H18BrNO/c16-11-6-7-14-12(8-11)13(9-18)15(17-14)10-4-2-1-3-5-10/h6-8,10,15,18H,1-5,9H2. The molecule has 1 aliphatic carbocycles. The minimum Gasteiger partial charge on any atom is -0.392 e. The molecule has 1 aliphatic heterocycles. The predicted molar refractivity (Wildman–Crippen MR) is 75.8 cm³/mol. The SMILES string of the molecule is OCC1=c2cc(Br)ccc2=NC1C1CCCCC1. The third-order valence-corrected chi connectivity index (χ3v) is 4.70. The van der Waals surface area contributed by atoms with E-state index in [1.165, 1.54) is 32.1 Å². The van der Waals surface area contributed by atoms with Crippen molar-refractivity contribution in [3.05, 3.63) is 33.2 Å². The lowest BCUT2D eigenvalue weighted by Crippen LogP contribution is -2.26. The lowest BCUT2D eigenvalue weighted by atomic mass is 9.81. The molecule has 1 saturated carbocycles. The van der Waals surface area contributed by atoms with Gasteiger partial charge >= 0.3 is 0 Å².